The fourth-order valence-corrected chi connectivity index (χ4v) is 8.62. The minimum atomic E-state index is -4.75. The summed E-state index contributed by atoms with van der Waals surface area (Å²) in [5.41, 5.74) is 0. The first-order valence-electron chi connectivity index (χ1n) is 28.5. The Hall–Kier alpha value is -2.56. The fourth-order valence-electron chi connectivity index (χ4n) is 7.84. The van der Waals surface area contributed by atoms with Crippen molar-refractivity contribution < 1.29 is 52.2 Å². The van der Waals surface area contributed by atoms with Gasteiger partial charge in [0.2, 0.25) is 0 Å². The van der Waals surface area contributed by atoms with Crippen LogP contribution in [0.4, 0.5) is 0 Å². The molecule has 70 heavy (non-hydrogen) atoms. The van der Waals surface area contributed by atoms with Gasteiger partial charge in [-0.25, -0.2) is 4.57 Å². The van der Waals surface area contributed by atoms with Gasteiger partial charge in [0.05, 0.1) is 19.8 Å². The van der Waals surface area contributed by atoms with Crippen molar-refractivity contribution in [3.05, 3.63) is 48.6 Å². The van der Waals surface area contributed by atoms with Crippen LogP contribution in [0.1, 0.15) is 265 Å². The Morgan fingerprint density at radius 1 is 0.400 bits per heavy atom. The number of esters is 3. The van der Waals surface area contributed by atoms with E-state index in [2.05, 4.69) is 69.4 Å². The summed E-state index contributed by atoms with van der Waals surface area (Å²) in [4.78, 5) is 48.5. The summed E-state index contributed by atoms with van der Waals surface area (Å²) in [6.07, 6.45) is 54.9. The molecule has 11 nitrogen and oxygen atoms in total. The molecule has 0 saturated carbocycles. The van der Waals surface area contributed by atoms with Crippen LogP contribution in [0, 0.1) is 0 Å². The van der Waals surface area contributed by atoms with Gasteiger partial charge < -0.3 is 24.2 Å². The first kappa shape index (κ1) is 67.4. The topological polar surface area (TPSA) is 155 Å². The summed E-state index contributed by atoms with van der Waals surface area (Å²) in [5.74, 6) is -1.48. The first-order chi connectivity index (χ1) is 34.2. The van der Waals surface area contributed by atoms with Gasteiger partial charge in [-0.15, -0.1) is 0 Å². The van der Waals surface area contributed by atoms with Gasteiger partial charge in [0, 0.05) is 19.3 Å². The molecule has 0 rings (SSSR count). The molecule has 0 spiro atoms. The Kier molecular flexibility index (Phi) is 50.8. The second kappa shape index (κ2) is 52.8. The van der Waals surface area contributed by atoms with Crippen molar-refractivity contribution in [3.63, 3.8) is 0 Å². The van der Waals surface area contributed by atoms with Crippen LogP contribution in [0.15, 0.2) is 48.6 Å². The Morgan fingerprint density at radius 3 is 1.14 bits per heavy atom. The highest BCUT2D eigenvalue weighted by atomic mass is 31.2. The molecule has 0 aliphatic rings. The molecule has 408 valence electrons. The molecule has 0 aliphatic carbocycles. The number of carbonyl (C=O) groups excluding carboxylic acids is 3. The lowest BCUT2D eigenvalue weighted by atomic mass is 10.0. The Labute approximate surface area is 428 Å². The van der Waals surface area contributed by atoms with Crippen LogP contribution >= 0.6 is 7.82 Å². The van der Waals surface area contributed by atoms with Crippen molar-refractivity contribution in [3.8, 4) is 0 Å². The number of hydrogen-bond acceptors (Lipinski definition) is 10. The highest BCUT2D eigenvalue weighted by Crippen LogP contribution is 2.43. The molecule has 0 aromatic rings. The lowest BCUT2D eigenvalue weighted by Crippen LogP contribution is -2.30. The van der Waals surface area contributed by atoms with E-state index in [4.69, 9.17) is 23.3 Å². The molecule has 0 radical (unpaired) electrons. The zero-order valence-corrected chi connectivity index (χ0v) is 45.9. The molecule has 0 heterocycles. The number of phosphoric ester groups is 1. The molecule has 2 N–H and O–H groups in total. The van der Waals surface area contributed by atoms with Crippen LogP contribution in [0.2, 0.25) is 0 Å². The van der Waals surface area contributed by atoms with Crippen LogP contribution in [0.3, 0.4) is 0 Å². The van der Waals surface area contributed by atoms with Crippen molar-refractivity contribution in [1.82, 2.24) is 0 Å². The molecule has 0 aliphatic heterocycles. The van der Waals surface area contributed by atoms with Gasteiger partial charge in [0.25, 0.3) is 0 Å². The summed E-state index contributed by atoms with van der Waals surface area (Å²) in [6.45, 7) is 4.55. The standard InChI is InChI=1S/C58H105O11P/c1-4-7-10-13-16-19-22-25-27-30-32-35-38-41-44-47-56(60)65-51-55(69-58(62)49-46-43-40-37-34-31-28-26-23-20-17-14-11-8-5-2)53-67-70(63,64)66-52-54(50-59)68-57(61)48-45-42-39-36-33-29-24-21-18-15-12-9-6-3/h12,15-16,19,21,24-25,27,54-55,59H,4-11,13-14,17-18,20,22-23,26,28-53H2,1-3H3,(H,63,64)/b15-12-,19-16-,24-21-,27-25-. The third kappa shape index (κ3) is 50.4. The van der Waals surface area contributed by atoms with E-state index >= 15 is 0 Å². The zero-order valence-electron chi connectivity index (χ0n) is 45.0. The smallest absolute Gasteiger partial charge is 0.462 e. The van der Waals surface area contributed by atoms with Crippen molar-refractivity contribution in [2.45, 2.75) is 277 Å². The largest absolute Gasteiger partial charge is 0.472 e. The predicted molar refractivity (Wildman–Crippen MR) is 289 cm³/mol. The average Bonchev–Trinajstić information content (AvgIpc) is 3.35. The summed E-state index contributed by atoms with van der Waals surface area (Å²) >= 11 is 0. The molecule has 0 aromatic heterocycles. The molecule has 0 bridgehead atoms. The summed E-state index contributed by atoms with van der Waals surface area (Å²) in [7, 11) is -4.75. The third-order valence-electron chi connectivity index (χ3n) is 12.2. The molecular weight excluding hydrogens is 904 g/mol. The number of hydrogen-bond donors (Lipinski definition) is 2. The van der Waals surface area contributed by atoms with Gasteiger partial charge in [-0.1, -0.05) is 217 Å². The predicted octanol–water partition coefficient (Wildman–Crippen LogP) is 16.6. The van der Waals surface area contributed by atoms with Crippen LogP contribution in [-0.4, -0.2) is 66.5 Å². The number of aliphatic hydroxyl groups is 1. The Morgan fingerprint density at radius 2 is 0.729 bits per heavy atom. The molecular formula is C58H105O11P. The number of unbranched alkanes of at least 4 members (excludes halogenated alkanes) is 28. The van der Waals surface area contributed by atoms with E-state index in [-0.39, 0.29) is 25.9 Å². The van der Waals surface area contributed by atoms with Gasteiger partial charge in [-0.2, -0.15) is 0 Å². The third-order valence-corrected chi connectivity index (χ3v) is 13.2. The van der Waals surface area contributed by atoms with E-state index in [9.17, 15) is 28.9 Å². The van der Waals surface area contributed by atoms with E-state index in [1.165, 1.54) is 96.3 Å². The Balaban J connectivity index is 4.74. The van der Waals surface area contributed by atoms with Gasteiger partial charge in [0.1, 0.15) is 12.7 Å². The van der Waals surface area contributed by atoms with Crippen LogP contribution in [-0.2, 0) is 42.2 Å². The minimum Gasteiger partial charge on any atom is -0.462 e. The second-order valence-electron chi connectivity index (χ2n) is 19.1. The molecule has 0 saturated heterocycles. The maximum Gasteiger partial charge on any atom is 0.472 e. The van der Waals surface area contributed by atoms with Crippen molar-refractivity contribution in [1.29, 1.82) is 0 Å². The number of ether oxygens (including phenoxy) is 3. The number of aliphatic hydroxyl groups excluding tert-OH is 1. The van der Waals surface area contributed by atoms with Crippen LogP contribution < -0.4 is 0 Å². The highest BCUT2D eigenvalue weighted by Gasteiger charge is 2.28. The molecule has 12 heteroatoms. The van der Waals surface area contributed by atoms with Crippen molar-refractivity contribution in [2.24, 2.45) is 0 Å². The summed E-state index contributed by atoms with van der Waals surface area (Å²) in [5, 5.41) is 9.79. The summed E-state index contributed by atoms with van der Waals surface area (Å²) in [6, 6.07) is 0. The number of phosphoric acid groups is 1. The van der Waals surface area contributed by atoms with E-state index in [0.717, 1.165) is 109 Å². The molecule has 3 unspecified atom stereocenters. The monoisotopic (exact) mass is 1010 g/mol. The number of allylic oxidation sites excluding steroid dienone is 8. The van der Waals surface area contributed by atoms with E-state index in [0.29, 0.717) is 19.3 Å². The Bertz CT molecular complexity index is 1360. The molecule has 0 amide bonds. The average molecular weight is 1010 g/mol. The minimum absolute atomic E-state index is 0.161. The normalized spacial score (nSPS) is 13.7. The van der Waals surface area contributed by atoms with Gasteiger partial charge in [-0.3, -0.25) is 23.4 Å². The number of rotatable bonds is 53. The van der Waals surface area contributed by atoms with E-state index in [1.54, 1.807) is 0 Å². The van der Waals surface area contributed by atoms with Crippen molar-refractivity contribution >= 4 is 25.7 Å². The van der Waals surface area contributed by atoms with Crippen LogP contribution in [0.5, 0.6) is 0 Å². The lowest BCUT2D eigenvalue weighted by Gasteiger charge is -2.21. The highest BCUT2D eigenvalue weighted by molar-refractivity contribution is 7.47. The number of carbonyl (C=O) groups is 3. The van der Waals surface area contributed by atoms with Crippen molar-refractivity contribution in [2.75, 3.05) is 26.4 Å². The molecule has 0 aromatic carbocycles. The van der Waals surface area contributed by atoms with Gasteiger partial charge in [0.15, 0.2) is 6.10 Å². The second-order valence-corrected chi connectivity index (χ2v) is 20.6. The van der Waals surface area contributed by atoms with Gasteiger partial charge in [-0.05, 0) is 77.0 Å². The van der Waals surface area contributed by atoms with Gasteiger partial charge >= 0.3 is 25.7 Å². The molecule has 0 fully saturated rings. The SMILES string of the molecule is CCC/C=C\C/C=C\CCCCCCCC(=O)OC(CO)COP(=O)(O)OCC(COC(=O)CCCCCCC/C=C\C/C=C\CCCCC)OC(=O)CCCCCCCCCCCCCCCCC. The maximum absolute atomic E-state index is 12.9. The maximum atomic E-state index is 12.9. The fraction of sp³-hybridized carbons (Fsp3) is 0.810. The lowest BCUT2D eigenvalue weighted by molar-refractivity contribution is -0.161. The van der Waals surface area contributed by atoms with Crippen LogP contribution in [0.25, 0.3) is 0 Å². The summed E-state index contributed by atoms with van der Waals surface area (Å²) < 4.78 is 39.5. The quantitative estimate of drug-likeness (QED) is 0.0197. The zero-order chi connectivity index (χ0) is 51.3. The van der Waals surface area contributed by atoms with E-state index < -0.39 is 57.8 Å². The first-order valence-corrected chi connectivity index (χ1v) is 30.0. The van der Waals surface area contributed by atoms with E-state index in [1.807, 2.05) is 0 Å². The molecule has 3 atom stereocenters.